The van der Waals surface area contributed by atoms with E-state index in [1.807, 2.05) is 45.0 Å². The lowest BCUT2D eigenvalue weighted by Gasteiger charge is -2.08. The summed E-state index contributed by atoms with van der Waals surface area (Å²) in [6.07, 6.45) is 0.750. The minimum atomic E-state index is -0.505. The normalized spacial score (nSPS) is 11.0. The highest BCUT2D eigenvalue weighted by Crippen LogP contribution is 2.33. The average molecular weight is 340 g/mol. The number of hydrogen-bond acceptors (Lipinski definition) is 3. The molecule has 2 N–H and O–H groups in total. The summed E-state index contributed by atoms with van der Waals surface area (Å²) in [5.74, 6) is -0.255. The number of ether oxygens (including phenoxy) is 1. The summed E-state index contributed by atoms with van der Waals surface area (Å²) in [5.41, 5.74) is 2.96. The maximum absolute atomic E-state index is 12.7. The van der Waals surface area contributed by atoms with E-state index in [9.17, 15) is 15.2 Å². The van der Waals surface area contributed by atoms with Crippen LogP contribution in [-0.2, 0) is 4.74 Å². The number of carbonyl (C=O) groups is 1. The van der Waals surface area contributed by atoms with E-state index >= 15 is 0 Å². The fourth-order valence-corrected chi connectivity index (χ4v) is 2.82. The van der Waals surface area contributed by atoms with Crippen molar-refractivity contribution in [3.05, 3.63) is 46.6 Å². The Hall–Kier alpha value is -3.07. The summed E-state index contributed by atoms with van der Waals surface area (Å²) in [7, 11) is 0. The summed E-state index contributed by atoms with van der Waals surface area (Å²) in [5, 5.41) is 18.9. The van der Waals surface area contributed by atoms with Crippen LogP contribution in [0.1, 0.15) is 53.9 Å². The van der Waals surface area contributed by atoms with Crippen LogP contribution < -0.4 is 4.99 Å². The van der Waals surface area contributed by atoms with Gasteiger partial charge < -0.3 is 9.84 Å². The zero-order chi connectivity index (χ0) is 18.6. The number of nitrogens with zero attached hydrogens (tertiary/aromatic N) is 2. The van der Waals surface area contributed by atoms with Gasteiger partial charge in [0.05, 0.1) is 6.61 Å². The molecule has 130 valence electrons. The van der Waals surface area contributed by atoms with Crippen molar-refractivity contribution in [1.82, 2.24) is 4.57 Å². The van der Waals surface area contributed by atoms with Gasteiger partial charge in [-0.3, -0.25) is 0 Å². The minimum absolute atomic E-state index is 0.0833. The molecule has 6 heteroatoms. The molecule has 0 spiro atoms. The van der Waals surface area contributed by atoms with E-state index in [4.69, 9.17) is 4.74 Å². The number of nitrogens with one attached hydrogen (secondary N) is 1. The predicted molar refractivity (Wildman–Crippen MR) is 94.6 cm³/mol. The summed E-state index contributed by atoms with van der Waals surface area (Å²) >= 11 is 0. The molecule has 0 aliphatic carbocycles. The van der Waals surface area contributed by atoms with Crippen molar-refractivity contribution in [1.29, 1.82) is 5.26 Å². The van der Waals surface area contributed by atoms with Gasteiger partial charge in [-0.15, -0.1) is 0 Å². The fourth-order valence-electron chi connectivity index (χ4n) is 2.82. The number of aliphatic hydroxyl groups excluding tert-OH is 1. The second-order valence-corrected chi connectivity index (χ2v) is 5.92. The first-order chi connectivity index (χ1) is 12.0. The van der Waals surface area contributed by atoms with Crippen LogP contribution in [0.5, 0.6) is 0 Å². The fraction of sp³-hybridized carbons (Fsp3) is 0.316. The van der Waals surface area contributed by atoms with Gasteiger partial charge in [-0.2, -0.15) is 9.83 Å². The molecule has 0 saturated heterocycles. The molecule has 0 aliphatic heterocycles. The van der Waals surface area contributed by atoms with Crippen molar-refractivity contribution < 1.29 is 19.6 Å². The molecule has 1 heterocycles. The average Bonchev–Trinajstić information content (AvgIpc) is 2.90. The number of benzene rings is 1. The van der Waals surface area contributed by atoms with Crippen LogP contribution in [0.2, 0.25) is 0 Å². The van der Waals surface area contributed by atoms with E-state index in [0.29, 0.717) is 28.3 Å². The van der Waals surface area contributed by atoms with Gasteiger partial charge in [0, 0.05) is 5.56 Å². The van der Waals surface area contributed by atoms with E-state index < -0.39 is 5.97 Å². The zero-order valence-corrected chi connectivity index (χ0v) is 14.8. The first-order valence-electron chi connectivity index (χ1n) is 8.11. The molecule has 0 fully saturated rings. The van der Waals surface area contributed by atoms with Gasteiger partial charge in [0.25, 0.3) is 0 Å². The molecule has 0 aliphatic rings. The molecule has 25 heavy (non-hydrogen) atoms. The topological polar surface area (TPSA) is 89.2 Å². The summed E-state index contributed by atoms with van der Waals surface area (Å²) < 4.78 is 6.85. The summed E-state index contributed by atoms with van der Waals surface area (Å²) in [6.45, 7) is 7.74. The van der Waals surface area contributed by atoms with Crippen LogP contribution in [0, 0.1) is 18.3 Å². The molecule has 0 unspecified atom stereocenters. The number of rotatable bonds is 5. The van der Waals surface area contributed by atoms with E-state index in [2.05, 4.69) is 11.1 Å². The molecular formula is C19H22N3O3+. The Morgan fingerprint density at radius 3 is 2.52 bits per heavy atom. The van der Waals surface area contributed by atoms with Crippen molar-refractivity contribution in [2.45, 2.75) is 33.6 Å². The quantitative estimate of drug-likeness (QED) is 0.496. The number of aliphatic hydroxyl groups is 1. The number of esters is 1. The molecule has 0 atom stereocenters. The summed E-state index contributed by atoms with van der Waals surface area (Å²) in [4.78, 5) is 15.3. The molecule has 0 bridgehead atoms. The molecule has 2 rings (SSSR count). The Bertz CT molecular complexity index is 840. The molecule has 0 radical (unpaired) electrons. The summed E-state index contributed by atoms with van der Waals surface area (Å²) in [6, 6.07) is 9.68. The predicted octanol–water partition coefficient (Wildman–Crippen LogP) is 2.26. The highest BCUT2D eigenvalue weighted by Gasteiger charge is 2.36. The van der Waals surface area contributed by atoms with Gasteiger partial charge in [0.15, 0.2) is 0 Å². The Morgan fingerprint density at radius 2 is 2.04 bits per heavy atom. The number of aromatic nitrogens is 1. The maximum atomic E-state index is 12.7. The lowest BCUT2D eigenvalue weighted by molar-refractivity contribution is -0.364. The molecule has 1 aromatic heterocycles. The Morgan fingerprint density at radius 1 is 1.40 bits per heavy atom. The molecular weight excluding hydrogens is 318 g/mol. The monoisotopic (exact) mass is 340 g/mol. The smallest absolute Gasteiger partial charge is 0.379 e. The highest BCUT2D eigenvalue weighted by atomic mass is 16.5. The number of hydrogen-bond donors (Lipinski definition) is 2. The third kappa shape index (κ3) is 3.41. The number of carbonyl (C=O) groups excluding carboxylic acids is 1. The lowest BCUT2D eigenvalue weighted by Crippen LogP contribution is -2.63. The third-order valence-electron chi connectivity index (χ3n) is 3.86. The molecule has 0 amide bonds. The van der Waals surface area contributed by atoms with E-state index in [0.717, 1.165) is 12.0 Å². The van der Waals surface area contributed by atoms with E-state index in [1.54, 1.807) is 11.5 Å². The Kier molecular flexibility index (Phi) is 5.60. The Balaban J connectivity index is 2.92. The largest absolute Gasteiger partial charge is 0.483 e. The van der Waals surface area contributed by atoms with Crippen molar-refractivity contribution in [2.24, 2.45) is 0 Å². The van der Waals surface area contributed by atoms with Crippen LogP contribution >= 0.6 is 0 Å². The molecule has 0 saturated carbocycles. The van der Waals surface area contributed by atoms with Crippen LogP contribution in [0.25, 0.3) is 5.69 Å². The highest BCUT2D eigenvalue weighted by molar-refractivity contribution is 5.93. The number of nitriles is 1. The van der Waals surface area contributed by atoms with Gasteiger partial charge in [0.1, 0.15) is 17.3 Å². The van der Waals surface area contributed by atoms with Crippen molar-refractivity contribution >= 4 is 18.2 Å². The molecule has 6 nitrogen and oxygen atoms in total. The maximum Gasteiger partial charge on any atom is 0.379 e. The Labute approximate surface area is 147 Å². The first kappa shape index (κ1) is 18.3. The van der Waals surface area contributed by atoms with Crippen LogP contribution in [0.4, 0.5) is 5.82 Å². The van der Waals surface area contributed by atoms with Crippen molar-refractivity contribution in [3.8, 4) is 11.8 Å². The molecule has 2 aromatic rings. The second-order valence-electron chi connectivity index (χ2n) is 5.92. The van der Waals surface area contributed by atoms with Crippen LogP contribution in [-0.4, -0.2) is 28.7 Å². The van der Waals surface area contributed by atoms with Gasteiger partial charge in [-0.05, 0) is 31.9 Å². The molecule has 1 aromatic carbocycles. The van der Waals surface area contributed by atoms with Crippen LogP contribution in [0.15, 0.2) is 24.3 Å². The van der Waals surface area contributed by atoms with Gasteiger partial charge >= 0.3 is 11.8 Å². The first-order valence-corrected chi connectivity index (χ1v) is 8.11. The third-order valence-corrected chi connectivity index (χ3v) is 3.86. The standard InChI is InChI=1S/C19H21N3O3/c1-5-25-19(24)17-16(12(2)3)15(10-20)18(21-11-23)22(17)14-8-6-13(4)7-9-14/h6-9,11-12H,5H2,1-4H3,(H,21,23)/p+1. The van der Waals surface area contributed by atoms with Crippen molar-refractivity contribution in [3.63, 3.8) is 0 Å². The SMILES string of the molecule is CCOC(=O)c1c(C(C)C)c(C#N)c([NH+]=CO)n1-c1ccc(C)cc1. The second kappa shape index (κ2) is 7.67. The minimum Gasteiger partial charge on any atom is -0.483 e. The van der Waals surface area contributed by atoms with E-state index in [-0.39, 0.29) is 12.5 Å². The van der Waals surface area contributed by atoms with Gasteiger partial charge in [-0.25, -0.2) is 9.79 Å². The van der Waals surface area contributed by atoms with Crippen molar-refractivity contribution in [2.75, 3.05) is 6.61 Å². The van der Waals surface area contributed by atoms with Gasteiger partial charge in [-0.1, -0.05) is 31.5 Å². The number of aryl methyl sites for hydroxylation is 1. The van der Waals surface area contributed by atoms with Crippen LogP contribution in [0.3, 0.4) is 0 Å². The van der Waals surface area contributed by atoms with E-state index in [1.165, 1.54) is 0 Å². The zero-order valence-electron chi connectivity index (χ0n) is 14.8. The van der Waals surface area contributed by atoms with Gasteiger partial charge in [0.2, 0.25) is 12.1 Å². The lowest BCUT2D eigenvalue weighted by atomic mass is 9.99.